The highest BCUT2D eigenvalue weighted by Crippen LogP contribution is 2.25. The van der Waals surface area contributed by atoms with Crippen LogP contribution < -0.4 is 10.6 Å². The van der Waals surface area contributed by atoms with Crippen LogP contribution in [0.3, 0.4) is 0 Å². The number of hydrogen-bond acceptors (Lipinski definition) is 6. The monoisotopic (exact) mass is 396 g/mol. The summed E-state index contributed by atoms with van der Waals surface area (Å²) in [5.41, 5.74) is 1.93. The first-order valence-electron chi connectivity index (χ1n) is 8.37. The topological polar surface area (TPSA) is 93.2 Å². The Labute approximate surface area is 166 Å². The summed E-state index contributed by atoms with van der Waals surface area (Å²) in [7, 11) is 1.30. The van der Waals surface area contributed by atoms with E-state index in [0.29, 0.717) is 22.8 Å². The Bertz CT molecular complexity index is 996. The number of anilines is 2. The van der Waals surface area contributed by atoms with E-state index in [1.807, 2.05) is 30.3 Å². The molecule has 7 nitrogen and oxygen atoms in total. The number of amides is 1. The van der Waals surface area contributed by atoms with Gasteiger partial charge in [-0.3, -0.25) is 4.79 Å². The molecule has 28 heavy (non-hydrogen) atoms. The smallest absolute Gasteiger partial charge is 0.337 e. The highest BCUT2D eigenvalue weighted by atomic mass is 35.5. The van der Waals surface area contributed by atoms with Gasteiger partial charge in [0.2, 0.25) is 5.95 Å². The molecule has 3 aromatic rings. The molecule has 1 heterocycles. The molecule has 0 saturated heterocycles. The minimum atomic E-state index is -0.491. The van der Waals surface area contributed by atoms with Gasteiger partial charge in [-0.1, -0.05) is 41.9 Å². The van der Waals surface area contributed by atoms with Gasteiger partial charge in [-0.2, -0.15) is 0 Å². The Morgan fingerprint density at radius 3 is 2.64 bits per heavy atom. The molecule has 1 aromatic heterocycles. The van der Waals surface area contributed by atoms with Gasteiger partial charge in [0.1, 0.15) is 5.69 Å². The molecule has 142 valence electrons. The zero-order valence-electron chi connectivity index (χ0n) is 15.0. The van der Waals surface area contributed by atoms with E-state index >= 15 is 0 Å². The molecule has 0 aliphatic rings. The van der Waals surface area contributed by atoms with Crippen LogP contribution in [0.2, 0.25) is 5.02 Å². The zero-order chi connectivity index (χ0) is 19.9. The Kier molecular flexibility index (Phi) is 6.18. The van der Waals surface area contributed by atoms with Crippen molar-refractivity contribution in [1.29, 1.82) is 0 Å². The summed E-state index contributed by atoms with van der Waals surface area (Å²) in [4.78, 5) is 32.3. The third-order valence-electron chi connectivity index (χ3n) is 3.82. The lowest BCUT2D eigenvalue weighted by molar-refractivity contribution is 0.0600. The normalized spacial score (nSPS) is 10.2. The van der Waals surface area contributed by atoms with Crippen LogP contribution in [0.25, 0.3) is 0 Å². The quantitative estimate of drug-likeness (QED) is 0.618. The summed E-state index contributed by atoms with van der Waals surface area (Å²) in [5.74, 6) is -0.644. The summed E-state index contributed by atoms with van der Waals surface area (Å²) in [6, 6.07) is 15.7. The summed E-state index contributed by atoms with van der Waals surface area (Å²) in [6.07, 6.45) is 1.46. The molecular formula is C20H17ClN4O3. The number of rotatable bonds is 6. The summed E-state index contributed by atoms with van der Waals surface area (Å²) in [5, 5.41) is 6.09. The fourth-order valence-electron chi connectivity index (χ4n) is 2.40. The van der Waals surface area contributed by atoms with Crippen molar-refractivity contribution in [2.45, 2.75) is 6.54 Å². The van der Waals surface area contributed by atoms with Gasteiger partial charge in [-0.25, -0.2) is 14.8 Å². The average molecular weight is 397 g/mol. The average Bonchev–Trinajstić information content (AvgIpc) is 2.74. The van der Waals surface area contributed by atoms with Crippen LogP contribution in [0.4, 0.5) is 11.6 Å². The minimum absolute atomic E-state index is 0.177. The Morgan fingerprint density at radius 1 is 1.11 bits per heavy atom. The molecule has 8 heteroatoms. The lowest BCUT2D eigenvalue weighted by Crippen LogP contribution is -2.24. The van der Waals surface area contributed by atoms with E-state index in [2.05, 4.69) is 20.6 Å². The van der Waals surface area contributed by atoms with Gasteiger partial charge in [-0.15, -0.1) is 0 Å². The van der Waals surface area contributed by atoms with Crippen LogP contribution >= 0.6 is 11.6 Å². The molecule has 0 spiro atoms. The maximum Gasteiger partial charge on any atom is 0.337 e. The van der Waals surface area contributed by atoms with E-state index in [1.54, 1.807) is 12.1 Å². The predicted molar refractivity (Wildman–Crippen MR) is 106 cm³/mol. The molecule has 3 rings (SSSR count). The van der Waals surface area contributed by atoms with E-state index < -0.39 is 5.97 Å². The third-order valence-corrected chi connectivity index (χ3v) is 4.15. The van der Waals surface area contributed by atoms with Crippen LogP contribution in [-0.4, -0.2) is 29.0 Å². The number of benzene rings is 2. The highest BCUT2D eigenvalue weighted by molar-refractivity contribution is 6.33. The van der Waals surface area contributed by atoms with E-state index in [9.17, 15) is 9.59 Å². The summed E-state index contributed by atoms with van der Waals surface area (Å²) in [6.45, 7) is 0.388. The summed E-state index contributed by atoms with van der Waals surface area (Å²) < 4.78 is 4.70. The number of methoxy groups -OCH3 is 1. The number of aromatic nitrogens is 2. The standard InChI is InChI=1S/C20H17ClN4O3/c1-28-19(27)14-7-8-15(21)17(11-14)25-20-22-10-9-16(24-20)18(26)23-12-13-5-3-2-4-6-13/h2-11H,12H2,1H3,(H,23,26)(H,22,24,25). The van der Waals surface area contributed by atoms with Crippen LogP contribution in [0.15, 0.2) is 60.8 Å². The molecule has 1 amide bonds. The molecule has 2 N–H and O–H groups in total. The highest BCUT2D eigenvalue weighted by Gasteiger charge is 2.12. The third kappa shape index (κ3) is 4.83. The number of halogens is 1. The molecule has 0 unspecified atom stereocenters. The van der Waals surface area contributed by atoms with Crippen LogP contribution in [-0.2, 0) is 11.3 Å². The number of nitrogens with zero attached hydrogens (tertiary/aromatic N) is 2. The number of nitrogens with one attached hydrogen (secondary N) is 2. The molecule has 0 aliphatic carbocycles. The van der Waals surface area contributed by atoms with E-state index in [1.165, 1.54) is 25.4 Å². The number of ether oxygens (including phenoxy) is 1. The van der Waals surface area contributed by atoms with Crippen molar-refractivity contribution in [3.63, 3.8) is 0 Å². The number of carbonyl (C=O) groups excluding carboxylic acids is 2. The van der Waals surface area contributed by atoms with Gasteiger partial charge in [0.05, 0.1) is 23.4 Å². The second kappa shape index (κ2) is 8.96. The van der Waals surface area contributed by atoms with E-state index in [-0.39, 0.29) is 17.5 Å². The maximum atomic E-state index is 12.4. The van der Waals surface area contributed by atoms with Gasteiger partial charge in [0.15, 0.2) is 0 Å². The Balaban J connectivity index is 1.73. The molecule has 0 bridgehead atoms. The number of hydrogen-bond donors (Lipinski definition) is 2. The number of carbonyl (C=O) groups is 2. The van der Waals surface area contributed by atoms with Crippen molar-refractivity contribution in [2.24, 2.45) is 0 Å². The van der Waals surface area contributed by atoms with E-state index in [4.69, 9.17) is 16.3 Å². The van der Waals surface area contributed by atoms with Crippen molar-refractivity contribution >= 4 is 35.1 Å². The first-order chi connectivity index (χ1) is 13.6. The SMILES string of the molecule is COC(=O)c1ccc(Cl)c(Nc2nccc(C(=O)NCc3ccccc3)n2)c1. The van der Waals surface area contributed by atoms with Crippen LogP contribution in [0, 0.1) is 0 Å². The molecule has 0 fully saturated rings. The fourth-order valence-corrected chi connectivity index (χ4v) is 2.57. The maximum absolute atomic E-state index is 12.4. The largest absolute Gasteiger partial charge is 0.465 e. The minimum Gasteiger partial charge on any atom is -0.465 e. The first kappa shape index (κ1) is 19.3. The van der Waals surface area contributed by atoms with Crippen molar-refractivity contribution in [2.75, 3.05) is 12.4 Å². The second-order valence-electron chi connectivity index (χ2n) is 5.74. The lowest BCUT2D eigenvalue weighted by Gasteiger charge is -2.10. The molecule has 2 aromatic carbocycles. The van der Waals surface area contributed by atoms with Crippen molar-refractivity contribution < 1.29 is 14.3 Å². The molecule has 0 radical (unpaired) electrons. The summed E-state index contributed by atoms with van der Waals surface area (Å²) >= 11 is 6.16. The predicted octanol–water partition coefficient (Wildman–Crippen LogP) is 3.59. The van der Waals surface area contributed by atoms with Gasteiger partial charge in [-0.05, 0) is 29.8 Å². The molecule has 0 atom stereocenters. The second-order valence-corrected chi connectivity index (χ2v) is 6.15. The number of esters is 1. The van der Waals surface area contributed by atoms with Gasteiger partial charge in [0, 0.05) is 12.7 Å². The molecule has 0 aliphatic heterocycles. The van der Waals surface area contributed by atoms with Gasteiger partial charge < -0.3 is 15.4 Å². The van der Waals surface area contributed by atoms with Gasteiger partial charge in [0.25, 0.3) is 5.91 Å². The van der Waals surface area contributed by atoms with Crippen LogP contribution in [0.1, 0.15) is 26.4 Å². The molecular weight excluding hydrogens is 380 g/mol. The Morgan fingerprint density at radius 2 is 1.89 bits per heavy atom. The van der Waals surface area contributed by atoms with Crippen molar-refractivity contribution in [1.82, 2.24) is 15.3 Å². The zero-order valence-corrected chi connectivity index (χ0v) is 15.7. The van der Waals surface area contributed by atoms with Crippen LogP contribution in [0.5, 0.6) is 0 Å². The Hall–Kier alpha value is -3.45. The first-order valence-corrected chi connectivity index (χ1v) is 8.74. The van der Waals surface area contributed by atoms with Crippen molar-refractivity contribution in [3.05, 3.63) is 82.6 Å². The van der Waals surface area contributed by atoms with E-state index in [0.717, 1.165) is 5.56 Å². The van der Waals surface area contributed by atoms with Crippen molar-refractivity contribution in [3.8, 4) is 0 Å². The fraction of sp³-hybridized carbons (Fsp3) is 0.100. The molecule has 0 saturated carbocycles. The lowest BCUT2D eigenvalue weighted by atomic mass is 10.2. The van der Waals surface area contributed by atoms with Gasteiger partial charge >= 0.3 is 5.97 Å².